The molecule has 9 nitrogen and oxygen atoms in total. The molecule has 0 aliphatic carbocycles. The van der Waals surface area contributed by atoms with Gasteiger partial charge in [0.15, 0.2) is 11.4 Å². The van der Waals surface area contributed by atoms with Gasteiger partial charge in [-0.2, -0.15) is 5.26 Å². The Morgan fingerprint density at radius 1 is 1.02 bits per heavy atom. The number of hydrogen-bond donors (Lipinski definition) is 2. The van der Waals surface area contributed by atoms with Crippen molar-refractivity contribution in [3.8, 4) is 28.7 Å². The van der Waals surface area contributed by atoms with Gasteiger partial charge in [-0.3, -0.25) is 14.8 Å². The maximum atomic E-state index is 10.00. The van der Waals surface area contributed by atoms with Crippen LogP contribution in [-0.2, 0) is 13.1 Å². The van der Waals surface area contributed by atoms with Gasteiger partial charge in [-0.1, -0.05) is 31.2 Å². The molecule has 0 unspecified atom stereocenters. The Morgan fingerprint density at radius 2 is 1.82 bits per heavy atom. The predicted molar refractivity (Wildman–Crippen MR) is 194 cm³/mol. The Hall–Kier alpha value is -5.14. The molecule has 1 aliphatic heterocycles. The van der Waals surface area contributed by atoms with Crippen LogP contribution in [-0.4, -0.2) is 63.1 Å². The highest BCUT2D eigenvalue weighted by molar-refractivity contribution is 5.91. The van der Waals surface area contributed by atoms with Gasteiger partial charge in [0.1, 0.15) is 17.1 Å². The zero-order valence-corrected chi connectivity index (χ0v) is 28.5. The molecular formula is C40H41N7O2. The molecule has 0 radical (unpaired) electrons. The molecule has 1 aliphatic rings. The van der Waals surface area contributed by atoms with Crippen LogP contribution in [0.4, 0.5) is 11.5 Å². The number of aliphatic hydroxyl groups is 1. The van der Waals surface area contributed by atoms with Crippen molar-refractivity contribution in [2.75, 3.05) is 38.6 Å². The normalized spacial score (nSPS) is 15.0. The van der Waals surface area contributed by atoms with Crippen LogP contribution < -0.4 is 5.32 Å². The number of fused-ring (bicyclic) bond motifs is 2. The van der Waals surface area contributed by atoms with Crippen LogP contribution in [0.2, 0.25) is 0 Å². The van der Waals surface area contributed by atoms with E-state index < -0.39 is 0 Å². The zero-order valence-electron chi connectivity index (χ0n) is 28.5. The second-order valence-electron chi connectivity index (χ2n) is 13.4. The molecule has 0 spiro atoms. The molecule has 1 fully saturated rings. The number of benzene rings is 3. The van der Waals surface area contributed by atoms with Crippen LogP contribution in [0.1, 0.15) is 41.2 Å². The van der Waals surface area contributed by atoms with Crippen LogP contribution in [0.25, 0.3) is 44.6 Å². The lowest BCUT2D eigenvalue weighted by molar-refractivity contribution is 0.217. The summed E-state index contributed by atoms with van der Waals surface area (Å²) < 4.78 is 6.32. The van der Waals surface area contributed by atoms with Crippen LogP contribution in [0, 0.1) is 31.1 Å². The van der Waals surface area contributed by atoms with Crippen LogP contribution in [0.3, 0.4) is 0 Å². The van der Waals surface area contributed by atoms with E-state index >= 15 is 0 Å². The largest absolute Gasteiger partial charge is 0.435 e. The Balaban J connectivity index is 1.19. The summed E-state index contributed by atoms with van der Waals surface area (Å²) in [7, 11) is 1.98. The van der Waals surface area contributed by atoms with E-state index in [9.17, 15) is 10.4 Å². The fourth-order valence-electron chi connectivity index (χ4n) is 7.00. The highest BCUT2D eigenvalue weighted by atomic mass is 16.3. The smallest absolute Gasteiger partial charge is 0.227 e. The summed E-state index contributed by atoms with van der Waals surface area (Å²) in [4.78, 5) is 18.8. The average Bonchev–Trinajstić information content (AvgIpc) is 3.71. The van der Waals surface area contributed by atoms with Gasteiger partial charge in [0.05, 0.1) is 12.2 Å². The van der Waals surface area contributed by atoms with Crippen molar-refractivity contribution >= 4 is 33.5 Å². The first kappa shape index (κ1) is 32.4. The van der Waals surface area contributed by atoms with Crippen molar-refractivity contribution < 1.29 is 9.52 Å². The lowest BCUT2D eigenvalue weighted by Gasteiger charge is -2.17. The van der Waals surface area contributed by atoms with Crippen LogP contribution >= 0.6 is 0 Å². The average molecular weight is 652 g/mol. The Bertz CT molecular complexity index is 2200. The Labute approximate surface area is 286 Å². The van der Waals surface area contributed by atoms with Gasteiger partial charge in [-0.05, 0) is 110 Å². The first-order chi connectivity index (χ1) is 23.8. The summed E-state index contributed by atoms with van der Waals surface area (Å²) in [5, 5.41) is 23.8. The summed E-state index contributed by atoms with van der Waals surface area (Å²) in [5.41, 5.74) is 10.8. The van der Waals surface area contributed by atoms with E-state index in [2.05, 4.69) is 77.3 Å². The molecule has 0 amide bonds. The highest BCUT2D eigenvalue weighted by Gasteiger charge is 2.21. The monoisotopic (exact) mass is 651 g/mol. The molecule has 4 heterocycles. The van der Waals surface area contributed by atoms with E-state index in [-0.39, 0.29) is 6.61 Å². The number of oxazole rings is 1. The van der Waals surface area contributed by atoms with Crippen molar-refractivity contribution in [1.82, 2.24) is 24.8 Å². The molecule has 0 bridgehead atoms. The number of pyridine rings is 2. The zero-order chi connectivity index (χ0) is 34.1. The standard InChI is InChI=1S/C40H41N7O2/c1-25-12-14-47(22-25)24-28-17-31(20-41)38-36(19-28)45-40(49-38)34-9-5-7-32(26(34)2)33-8-6-10-35(27(33)3)44-39-37-30(11-13-42-39)18-29(21-43-37)23-46(4)15-16-48/h5-11,13,17-19,21,25,48H,12,14-16,22-24H2,1-4H3,(H,42,44)/t25-/m1/s1. The van der Waals surface area contributed by atoms with Crippen molar-refractivity contribution in [2.24, 2.45) is 5.92 Å². The third-order valence-corrected chi connectivity index (χ3v) is 9.62. The second-order valence-corrected chi connectivity index (χ2v) is 13.4. The molecule has 248 valence electrons. The lowest BCUT2D eigenvalue weighted by Crippen LogP contribution is -2.21. The van der Waals surface area contributed by atoms with Crippen molar-refractivity contribution in [3.63, 3.8) is 0 Å². The van der Waals surface area contributed by atoms with Crippen molar-refractivity contribution in [2.45, 2.75) is 40.3 Å². The highest BCUT2D eigenvalue weighted by Crippen LogP contribution is 2.38. The number of likely N-dealkylation sites (tertiary alicyclic amines) is 1. The molecule has 7 rings (SSSR count). The maximum absolute atomic E-state index is 10.00. The predicted octanol–water partition coefficient (Wildman–Crippen LogP) is 7.60. The second kappa shape index (κ2) is 13.8. The first-order valence-corrected chi connectivity index (χ1v) is 16.9. The number of nitrogens with one attached hydrogen (secondary N) is 1. The SMILES string of the molecule is Cc1c(Nc2nccc3cc(CN(C)CCO)cnc23)cccc1-c1cccc(-c2nc3cc(CN4CC[C@@H](C)C4)cc(C#N)c3o2)c1C. The van der Waals surface area contributed by atoms with E-state index in [1.165, 1.54) is 6.42 Å². The molecule has 0 saturated carbocycles. The van der Waals surface area contributed by atoms with Gasteiger partial charge < -0.3 is 14.8 Å². The summed E-state index contributed by atoms with van der Waals surface area (Å²) in [5.74, 6) is 1.90. The van der Waals surface area contributed by atoms with Crippen LogP contribution in [0.5, 0.6) is 0 Å². The molecule has 1 saturated heterocycles. The molecule has 49 heavy (non-hydrogen) atoms. The number of hydrogen-bond acceptors (Lipinski definition) is 9. The number of nitriles is 1. The van der Waals surface area contributed by atoms with Gasteiger partial charge in [0.2, 0.25) is 5.89 Å². The van der Waals surface area contributed by atoms with Crippen molar-refractivity contribution in [1.29, 1.82) is 5.26 Å². The number of likely N-dealkylation sites (N-methyl/N-ethyl adjacent to an activating group) is 1. The molecular weight excluding hydrogens is 610 g/mol. The molecule has 3 aromatic carbocycles. The fourth-order valence-corrected chi connectivity index (χ4v) is 7.00. The Morgan fingerprint density at radius 3 is 2.59 bits per heavy atom. The fraction of sp³-hybridized carbons (Fsp3) is 0.300. The van der Waals surface area contributed by atoms with E-state index in [0.29, 0.717) is 47.4 Å². The molecule has 6 aromatic rings. The number of anilines is 2. The quantitative estimate of drug-likeness (QED) is 0.155. The van der Waals surface area contributed by atoms with Gasteiger partial charge in [-0.15, -0.1) is 0 Å². The number of aromatic nitrogens is 3. The summed E-state index contributed by atoms with van der Waals surface area (Å²) in [6.45, 7) is 10.9. The molecule has 3 aromatic heterocycles. The van der Waals surface area contributed by atoms with Gasteiger partial charge >= 0.3 is 0 Å². The van der Waals surface area contributed by atoms with E-state index in [0.717, 1.165) is 75.2 Å². The van der Waals surface area contributed by atoms with Gasteiger partial charge in [-0.25, -0.2) is 9.97 Å². The van der Waals surface area contributed by atoms with Crippen molar-refractivity contribution in [3.05, 3.63) is 101 Å². The summed E-state index contributed by atoms with van der Waals surface area (Å²) in [6, 6.07) is 22.9. The van der Waals surface area contributed by atoms with E-state index in [1.54, 1.807) is 6.20 Å². The maximum Gasteiger partial charge on any atom is 0.227 e. The minimum Gasteiger partial charge on any atom is -0.435 e. The van der Waals surface area contributed by atoms with Gasteiger partial charge in [0.25, 0.3) is 0 Å². The minimum atomic E-state index is 0.122. The first-order valence-electron chi connectivity index (χ1n) is 16.9. The number of nitrogens with zero attached hydrogens (tertiary/aromatic N) is 6. The summed E-state index contributed by atoms with van der Waals surface area (Å²) in [6.07, 6.45) is 4.88. The summed E-state index contributed by atoms with van der Waals surface area (Å²) >= 11 is 0. The number of aliphatic hydroxyl groups excluding tert-OH is 1. The third kappa shape index (κ3) is 6.63. The van der Waals surface area contributed by atoms with Crippen LogP contribution in [0.15, 0.2) is 77.5 Å². The molecule has 9 heteroatoms. The Kier molecular flexibility index (Phi) is 9.11. The van der Waals surface area contributed by atoms with Gasteiger partial charge in [0, 0.05) is 55.2 Å². The molecule has 2 N–H and O–H groups in total. The van der Waals surface area contributed by atoms with E-state index in [4.69, 9.17) is 14.4 Å². The minimum absolute atomic E-state index is 0.122. The number of rotatable bonds is 10. The third-order valence-electron chi connectivity index (χ3n) is 9.62. The lowest BCUT2D eigenvalue weighted by atomic mass is 9.93. The van der Waals surface area contributed by atoms with E-state index in [1.807, 2.05) is 43.6 Å². The topological polar surface area (TPSA) is 114 Å². The molecule has 1 atom stereocenters.